The van der Waals surface area contributed by atoms with Crippen molar-refractivity contribution in [2.45, 2.75) is 12.5 Å². The van der Waals surface area contributed by atoms with E-state index in [1.807, 2.05) is 0 Å². The number of rotatable bonds is 1. The molecule has 0 spiro atoms. The Hall–Kier alpha value is -1.40. The van der Waals surface area contributed by atoms with Crippen molar-refractivity contribution in [1.29, 1.82) is 0 Å². The molecular formula is C8H8N2O. The van der Waals surface area contributed by atoms with E-state index in [0.29, 0.717) is 5.56 Å². The average molecular weight is 148 g/mol. The first-order chi connectivity index (χ1) is 5.17. The molecule has 0 fully saturated rings. The van der Waals surface area contributed by atoms with Gasteiger partial charge in [-0.05, 0) is 6.92 Å². The highest BCUT2D eigenvalue weighted by Crippen LogP contribution is 2.16. The van der Waals surface area contributed by atoms with Crippen LogP contribution in [0.25, 0.3) is 0 Å². The molecule has 0 aliphatic rings. The minimum atomic E-state index is -1.26. The smallest absolute Gasteiger partial charge is 0.150 e. The van der Waals surface area contributed by atoms with E-state index in [2.05, 4.69) is 15.9 Å². The molecule has 56 valence electrons. The lowest BCUT2D eigenvalue weighted by molar-refractivity contribution is 0.121. The molecule has 1 rings (SSSR count). The van der Waals surface area contributed by atoms with Crippen LogP contribution in [0, 0.1) is 12.3 Å². The van der Waals surface area contributed by atoms with Crippen LogP contribution in [0.1, 0.15) is 12.5 Å². The van der Waals surface area contributed by atoms with Crippen molar-refractivity contribution in [1.82, 2.24) is 9.97 Å². The summed E-state index contributed by atoms with van der Waals surface area (Å²) in [4.78, 5) is 7.46. The molecule has 1 N–H and O–H groups in total. The largest absolute Gasteiger partial charge is 0.374 e. The standard InChI is InChI=1S/C8H8N2O/c1-3-8(2,11)7-4-9-6-10-5-7/h1,4-6,11H,2H3/t8-/m1/s1. The van der Waals surface area contributed by atoms with E-state index < -0.39 is 5.60 Å². The van der Waals surface area contributed by atoms with E-state index in [1.54, 1.807) is 0 Å². The highest BCUT2D eigenvalue weighted by molar-refractivity contribution is 5.23. The fourth-order valence-electron chi connectivity index (χ4n) is 0.634. The van der Waals surface area contributed by atoms with Crippen molar-refractivity contribution >= 4 is 0 Å². The van der Waals surface area contributed by atoms with Gasteiger partial charge in [0.05, 0.1) is 0 Å². The molecule has 1 aromatic rings. The van der Waals surface area contributed by atoms with E-state index in [1.165, 1.54) is 25.6 Å². The van der Waals surface area contributed by atoms with Gasteiger partial charge in [-0.2, -0.15) is 0 Å². The second kappa shape index (κ2) is 2.69. The number of aliphatic hydroxyl groups is 1. The van der Waals surface area contributed by atoms with Crippen molar-refractivity contribution in [2.75, 3.05) is 0 Å². The van der Waals surface area contributed by atoms with Gasteiger partial charge in [0.2, 0.25) is 0 Å². The Morgan fingerprint density at radius 3 is 2.55 bits per heavy atom. The summed E-state index contributed by atoms with van der Waals surface area (Å²) >= 11 is 0. The fourth-order valence-corrected chi connectivity index (χ4v) is 0.634. The van der Waals surface area contributed by atoms with E-state index in [0.717, 1.165) is 0 Å². The topological polar surface area (TPSA) is 46.0 Å². The van der Waals surface area contributed by atoms with Crippen molar-refractivity contribution in [3.05, 3.63) is 24.3 Å². The van der Waals surface area contributed by atoms with E-state index >= 15 is 0 Å². The fraction of sp³-hybridized carbons (Fsp3) is 0.250. The SMILES string of the molecule is C#C[C@@](C)(O)c1cncnc1. The quantitative estimate of drug-likeness (QED) is 0.583. The predicted octanol–water partition coefficient (Wildman–Crippen LogP) is 0.317. The summed E-state index contributed by atoms with van der Waals surface area (Å²) in [6.07, 6.45) is 9.45. The molecule has 0 aliphatic heterocycles. The molecule has 3 heteroatoms. The van der Waals surface area contributed by atoms with Crippen molar-refractivity contribution in [3.8, 4) is 12.3 Å². The van der Waals surface area contributed by atoms with Crippen LogP contribution < -0.4 is 0 Å². The van der Waals surface area contributed by atoms with E-state index in [-0.39, 0.29) is 0 Å². The summed E-state index contributed by atoms with van der Waals surface area (Å²) in [5, 5.41) is 9.48. The minimum Gasteiger partial charge on any atom is -0.374 e. The van der Waals surface area contributed by atoms with Crippen molar-refractivity contribution in [2.24, 2.45) is 0 Å². The summed E-state index contributed by atoms with van der Waals surface area (Å²) in [6.45, 7) is 1.52. The first-order valence-corrected chi connectivity index (χ1v) is 3.12. The molecule has 0 aromatic carbocycles. The van der Waals surface area contributed by atoms with Crippen molar-refractivity contribution < 1.29 is 5.11 Å². The number of terminal acetylenes is 1. The van der Waals surface area contributed by atoms with Gasteiger partial charge in [-0.15, -0.1) is 6.42 Å². The van der Waals surface area contributed by atoms with Gasteiger partial charge in [0.1, 0.15) is 6.33 Å². The molecular weight excluding hydrogens is 140 g/mol. The van der Waals surface area contributed by atoms with Crippen LogP contribution in [0.5, 0.6) is 0 Å². The van der Waals surface area contributed by atoms with Gasteiger partial charge in [-0.25, -0.2) is 9.97 Å². The Labute approximate surface area is 65.1 Å². The van der Waals surface area contributed by atoms with Crippen molar-refractivity contribution in [3.63, 3.8) is 0 Å². The molecule has 1 aromatic heterocycles. The molecule has 0 bridgehead atoms. The second-order valence-electron chi connectivity index (χ2n) is 2.34. The highest BCUT2D eigenvalue weighted by atomic mass is 16.3. The van der Waals surface area contributed by atoms with Gasteiger partial charge in [0, 0.05) is 18.0 Å². The van der Waals surface area contributed by atoms with Crippen LogP contribution in [0.15, 0.2) is 18.7 Å². The minimum absolute atomic E-state index is 0.530. The van der Waals surface area contributed by atoms with Crippen LogP contribution in [0.2, 0.25) is 0 Å². The van der Waals surface area contributed by atoms with Crippen LogP contribution in [-0.4, -0.2) is 15.1 Å². The lowest BCUT2D eigenvalue weighted by atomic mass is 10.0. The van der Waals surface area contributed by atoms with E-state index in [4.69, 9.17) is 6.42 Å². The Morgan fingerprint density at radius 2 is 2.09 bits per heavy atom. The van der Waals surface area contributed by atoms with Gasteiger partial charge in [-0.1, -0.05) is 5.92 Å². The first-order valence-electron chi connectivity index (χ1n) is 3.12. The highest BCUT2D eigenvalue weighted by Gasteiger charge is 2.19. The normalized spacial score (nSPS) is 15.0. The second-order valence-corrected chi connectivity index (χ2v) is 2.34. The Balaban J connectivity index is 3.05. The third-order valence-electron chi connectivity index (χ3n) is 1.40. The molecule has 0 aliphatic carbocycles. The summed E-state index contributed by atoms with van der Waals surface area (Å²) in [7, 11) is 0. The Bertz CT molecular complexity index is 274. The van der Waals surface area contributed by atoms with Gasteiger partial charge < -0.3 is 5.11 Å². The molecule has 1 atom stereocenters. The molecule has 1 heterocycles. The van der Waals surface area contributed by atoms with Crippen LogP contribution in [0.4, 0.5) is 0 Å². The maximum absolute atomic E-state index is 9.48. The first kappa shape index (κ1) is 7.70. The number of hydrogen-bond acceptors (Lipinski definition) is 3. The van der Waals surface area contributed by atoms with Gasteiger partial charge in [0.25, 0.3) is 0 Å². The molecule has 11 heavy (non-hydrogen) atoms. The maximum atomic E-state index is 9.48. The summed E-state index contributed by atoms with van der Waals surface area (Å²) in [5.74, 6) is 2.23. The van der Waals surface area contributed by atoms with Crippen LogP contribution in [0.3, 0.4) is 0 Å². The summed E-state index contributed by atoms with van der Waals surface area (Å²) < 4.78 is 0. The third kappa shape index (κ3) is 1.54. The van der Waals surface area contributed by atoms with Gasteiger partial charge >= 0.3 is 0 Å². The maximum Gasteiger partial charge on any atom is 0.150 e. The average Bonchev–Trinajstić information content (AvgIpc) is 2.06. The molecule has 0 saturated carbocycles. The number of aromatic nitrogens is 2. The van der Waals surface area contributed by atoms with E-state index in [9.17, 15) is 5.11 Å². The molecule has 3 nitrogen and oxygen atoms in total. The zero-order valence-electron chi connectivity index (χ0n) is 6.15. The monoisotopic (exact) mass is 148 g/mol. The molecule has 0 saturated heterocycles. The number of hydrogen-bond donors (Lipinski definition) is 1. The molecule has 0 radical (unpaired) electrons. The van der Waals surface area contributed by atoms with Crippen LogP contribution in [-0.2, 0) is 5.60 Å². The zero-order valence-corrected chi connectivity index (χ0v) is 6.15. The van der Waals surface area contributed by atoms with Crippen LogP contribution >= 0.6 is 0 Å². The lowest BCUT2D eigenvalue weighted by Gasteiger charge is -2.14. The summed E-state index contributed by atoms with van der Waals surface area (Å²) in [5.41, 5.74) is -0.733. The Kier molecular flexibility index (Phi) is 1.88. The Morgan fingerprint density at radius 1 is 1.55 bits per heavy atom. The molecule has 0 unspecified atom stereocenters. The summed E-state index contributed by atoms with van der Waals surface area (Å²) in [6, 6.07) is 0. The van der Waals surface area contributed by atoms with Gasteiger partial charge in [-0.3, -0.25) is 0 Å². The number of nitrogens with zero attached hydrogens (tertiary/aromatic N) is 2. The lowest BCUT2D eigenvalue weighted by Crippen LogP contribution is -2.18. The molecule has 0 amide bonds. The zero-order chi connectivity index (χ0) is 8.32. The van der Waals surface area contributed by atoms with Gasteiger partial charge in [0.15, 0.2) is 5.60 Å². The predicted molar refractivity (Wildman–Crippen MR) is 40.4 cm³/mol. The third-order valence-corrected chi connectivity index (χ3v) is 1.40.